The highest BCUT2D eigenvalue weighted by atomic mass is 16.5. The lowest BCUT2D eigenvalue weighted by atomic mass is 9.82. The number of aromatic nitrogens is 1. The number of H-pyrrole nitrogens is 1. The fourth-order valence-corrected chi connectivity index (χ4v) is 6.83. The van der Waals surface area contributed by atoms with E-state index in [1.54, 1.807) is 12.1 Å². The molecule has 50 heavy (non-hydrogen) atoms. The van der Waals surface area contributed by atoms with Gasteiger partial charge >= 0.3 is 5.97 Å². The third-order valence-corrected chi connectivity index (χ3v) is 9.51. The quantitative estimate of drug-likeness (QED) is 0.111. The van der Waals surface area contributed by atoms with E-state index in [9.17, 15) is 24.9 Å². The molecule has 0 spiro atoms. The molecule has 2 aliphatic rings. The second kappa shape index (κ2) is 16.9. The predicted molar refractivity (Wildman–Crippen MR) is 191 cm³/mol. The van der Waals surface area contributed by atoms with Crippen molar-refractivity contribution < 1.29 is 34.4 Å². The molecule has 10 heteroatoms. The van der Waals surface area contributed by atoms with Gasteiger partial charge in [-0.1, -0.05) is 43.4 Å². The molecule has 5 rings (SSSR count). The molecule has 4 atom stereocenters. The lowest BCUT2D eigenvalue weighted by Crippen LogP contribution is -2.30. The Bertz CT molecular complexity index is 1800. The number of carbonyl (C=O) groups excluding carboxylic acids is 2. The number of esters is 1. The van der Waals surface area contributed by atoms with Gasteiger partial charge in [0.15, 0.2) is 11.5 Å². The number of carbonyl (C=O) groups is 2. The molecular formula is C40H47N3O7. The number of hydrogen-bond acceptors (Lipinski definition) is 9. The van der Waals surface area contributed by atoms with E-state index in [-0.39, 0.29) is 54.1 Å². The van der Waals surface area contributed by atoms with Crippen molar-refractivity contribution in [2.45, 2.75) is 76.7 Å². The summed E-state index contributed by atoms with van der Waals surface area (Å²) in [6.07, 6.45) is 11.6. The number of ether oxygens (including phenoxy) is 2. The normalized spacial score (nSPS) is 21.9. The predicted octanol–water partition coefficient (Wildman–Crippen LogP) is 5.86. The molecule has 10 nitrogen and oxygen atoms in total. The number of phenolic OH excluding ortho intramolecular Hbond substituents is 3. The van der Waals surface area contributed by atoms with Crippen molar-refractivity contribution in [2.75, 3.05) is 20.2 Å². The molecule has 2 aliphatic heterocycles. The highest BCUT2D eigenvalue weighted by molar-refractivity contribution is 5.81. The lowest BCUT2D eigenvalue weighted by Gasteiger charge is -2.25. The fraction of sp³-hybridized carbons (Fsp3) is 0.400. The van der Waals surface area contributed by atoms with Crippen molar-refractivity contribution in [3.8, 4) is 34.8 Å². The van der Waals surface area contributed by atoms with Gasteiger partial charge in [0.1, 0.15) is 17.6 Å². The van der Waals surface area contributed by atoms with Crippen LogP contribution in [-0.4, -0.2) is 58.4 Å². The minimum atomic E-state index is -0.623. The first kappa shape index (κ1) is 36.0. The standard InChI is InChI=1S/C40H47N3O7/c1-4-26-10-11-35(50-25(2)44)22-34(46)16-27(30-19-37(47)40(48)38(20-30)49-3)8-6-13-42-39-21-29(12-14-43-39)36(28-7-5-9-33(45)17-28)18-32-24-41-23-31(32)15-26/h5,7,9,12,17,19-21,23-24,26-27,35-36,41-43,45,47-48H,4,10-11,13-16,18,22H2,1-3H3/t26-,27+,35-,36+/m1/s1. The van der Waals surface area contributed by atoms with Crippen molar-refractivity contribution >= 4 is 11.8 Å². The zero-order valence-corrected chi connectivity index (χ0v) is 28.9. The number of nitrogens with one attached hydrogen (secondary N) is 3. The van der Waals surface area contributed by atoms with E-state index in [0.29, 0.717) is 24.4 Å². The third-order valence-electron chi connectivity index (χ3n) is 9.51. The average Bonchev–Trinajstić information content (AvgIpc) is 3.53. The number of phenols is 3. The Kier molecular flexibility index (Phi) is 12.2. The number of fused-ring (bicyclic) bond motifs is 2. The van der Waals surface area contributed by atoms with Crippen molar-refractivity contribution in [2.24, 2.45) is 5.92 Å². The molecule has 0 radical (unpaired) electrons. The van der Waals surface area contributed by atoms with Crippen molar-refractivity contribution in [3.05, 3.63) is 94.6 Å². The summed E-state index contributed by atoms with van der Waals surface area (Å²) in [5.74, 6) is 5.76. The minimum Gasteiger partial charge on any atom is -0.508 e. The summed E-state index contributed by atoms with van der Waals surface area (Å²) in [6, 6.07) is 10.4. The maximum absolute atomic E-state index is 13.6. The van der Waals surface area contributed by atoms with Gasteiger partial charge in [0.2, 0.25) is 5.75 Å². The van der Waals surface area contributed by atoms with E-state index >= 15 is 0 Å². The van der Waals surface area contributed by atoms with E-state index < -0.39 is 18.0 Å². The monoisotopic (exact) mass is 681 g/mol. The van der Waals surface area contributed by atoms with Crippen LogP contribution in [0.25, 0.3) is 0 Å². The van der Waals surface area contributed by atoms with Crippen LogP contribution < -0.4 is 15.4 Å². The molecule has 1 aromatic heterocycles. The number of methoxy groups -OCH3 is 1. The van der Waals surface area contributed by atoms with Crippen LogP contribution in [0.5, 0.6) is 23.0 Å². The van der Waals surface area contributed by atoms with Gasteiger partial charge in [0, 0.05) is 44.6 Å². The molecular weight excluding hydrogens is 634 g/mol. The van der Waals surface area contributed by atoms with Crippen LogP contribution in [0.2, 0.25) is 0 Å². The molecule has 2 bridgehead atoms. The third kappa shape index (κ3) is 9.44. The maximum Gasteiger partial charge on any atom is 0.302 e. The molecule has 6 N–H and O–H groups in total. The largest absolute Gasteiger partial charge is 0.508 e. The van der Waals surface area contributed by atoms with Crippen LogP contribution in [0.15, 0.2) is 72.3 Å². The average molecular weight is 682 g/mol. The number of hydrogen-bond donors (Lipinski definition) is 6. The number of aromatic hydroxyl groups is 3. The Balaban J connectivity index is 1.51. The summed E-state index contributed by atoms with van der Waals surface area (Å²) < 4.78 is 10.9. The second-order valence-corrected chi connectivity index (χ2v) is 13.1. The molecule has 3 aromatic rings. The number of rotatable bonds is 5. The summed E-state index contributed by atoms with van der Waals surface area (Å²) in [7, 11) is 1.38. The van der Waals surface area contributed by atoms with E-state index in [1.807, 2.05) is 18.2 Å². The Morgan fingerprint density at radius 1 is 0.980 bits per heavy atom. The van der Waals surface area contributed by atoms with Gasteiger partial charge in [-0.25, -0.2) is 0 Å². The van der Waals surface area contributed by atoms with Crippen LogP contribution in [-0.2, 0) is 27.2 Å². The second-order valence-electron chi connectivity index (χ2n) is 13.1. The van der Waals surface area contributed by atoms with Crippen LogP contribution in [0.1, 0.15) is 80.0 Å². The summed E-state index contributed by atoms with van der Waals surface area (Å²) in [4.78, 5) is 29.0. The van der Waals surface area contributed by atoms with Crippen molar-refractivity contribution in [1.29, 1.82) is 0 Å². The van der Waals surface area contributed by atoms with E-state index in [1.165, 1.54) is 31.2 Å². The number of allylic oxidation sites excluding steroid dienone is 2. The van der Waals surface area contributed by atoms with Gasteiger partial charge < -0.3 is 40.4 Å². The molecule has 2 aromatic carbocycles. The highest BCUT2D eigenvalue weighted by Crippen LogP contribution is 2.39. The summed E-state index contributed by atoms with van der Waals surface area (Å²) in [6.45, 7) is 4.39. The van der Waals surface area contributed by atoms with Crippen molar-refractivity contribution in [1.82, 2.24) is 15.6 Å². The van der Waals surface area contributed by atoms with Gasteiger partial charge in [0.25, 0.3) is 0 Å². The van der Waals surface area contributed by atoms with E-state index in [2.05, 4.69) is 58.9 Å². The van der Waals surface area contributed by atoms with Crippen LogP contribution in [0, 0.1) is 17.8 Å². The first-order valence-corrected chi connectivity index (χ1v) is 17.2. The van der Waals surface area contributed by atoms with Crippen LogP contribution >= 0.6 is 0 Å². The minimum absolute atomic E-state index is 0.0154. The smallest absolute Gasteiger partial charge is 0.302 e. The topological polar surface area (TPSA) is 153 Å². The van der Waals surface area contributed by atoms with Gasteiger partial charge in [-0.2, -0.15) is 0 Å². The van der Waals surface area contributed by atoms with Gasteiger partial charge in [0.05, 0.1) is 25.4 Å². The first-order valence-electron chi connectivity index (χ1n) is 17.2. The van der Waals surface area contributed by atoms with E-state index in [0.717, 1.165) is 42.6 Å². The number of ketones is 1. The Labute approximate surface area is 293 Å². The zero-order chi connectivity index (χ0) is 35.6. The molecule has 0 aliphatic carbocycles. The molecule has 0 saturated carbocycles. The van der Waals surface area contributed by atoms with Crippen LogP contribution in [0.4, 0.5) is 0 Å². The summed E-state index contributed by atoms with van der Waals surface area (Å²) in [5, 5.41) is 37.8. The Morgan fingerprint density at radius 3 is 2.52 bits per heavy atom. The summed E-state index contributed by atoms with van der Waals surface area (Å²) >= 11 is 0. The SMILES string of the molecule is CC[C@@H]1CC[C@@H](OC(C)=O)CC(=O)C[C@@H](c2cc(O)c(O)c(OC)c2)C#CCNC2=CC(=CCN2)[C@H](c2cccc(O)c2)Cc2c[nH]cc2C1. The molecule has 264 valence electrons. The Hall–Kier alpha value is -5.30. The molecule has 0 saturated heterocycles. The number of dihydropyridines is 1. The van der Waals surface area contributed by atoms with Gasteiger partial charge in [-0.05, 0) is 89.8 Å². The molecule has 0 fully saturated rings. The Morgan fingerprint density at radius 2 is 1.78 bits per heavy atom. The van der Waals surface area contributed by atoms with E-state index in [4.69, 9.17) is 9.47 Å². The van der Waals surface area contributed by atoms with Gasteiger partial charge in [-0.15, -0.1) is 0 Å². The highest BCUT2D eigenvalue weighted by Gasteiger charge is 2.25. The maximum atomic E-state index is 13.6. The zero-order valence-electron chi connectivity index (χ0n) is 28.9. The number of Topliss-reactive ketones (excluding diaryl/α,β-unsaturated/α-hetero) is 1. The number of benzene rings is 2. The van der Waals surface area contributed by atoms with Crippen LogP contribution in [0.3, 0.4) is 0 Å². The van der Waals surface area contributed by atoms with Crippen molar-refractivity contribution in [3.63, 3.8) is 0 Å². The lowest BCUT2D eigenvalue weighted by molar-refractivity contribution is -0.148. The molecule has 0 amide bonds. The molecule has 3 heterocycles. The fourth-order valence-electron chi connectivity index (χ4n) is 6.83. The molecule has 0 unspecified atom stereocenters. The summed E-state index contributed by atoms with van der Waals surface area (Å²) in [5.41, 5.74) is 5.07. The first-order chi connectivity index (χ1) is 24.1. The number of aromatic amines is 1. The van der Waals surface area contributed by atoms with Gasteiger partial charge in [-0.3, -0.25) is 9.59 Å².